The Morgan fingerprint density at radius 3 is 2.25 bits per heavy atom. The quantitative estimate of drug-likeness (QED) is 0.808. The zero-order valence-corrected chi connectivity index (χ0v) is 10.6. The van der Waals surface area contributed by atoms with E-state index in [0.717, 1.165) is 16.3 Å². The van der Waals surface area contributed by atoms with Crippen molar-refractivity contribution in [2.75, 3.05) is 0 Å². The summed E-state index contributed by atoms with van der Waals surface area (Å²) in [4.78, 5) is 34.6. The normalized spacial score (nSPS) is 16.1. The van der Waals surface area contributed by atoms with Crippen molar-refractivity contribution >= 4 is 28.6 Å². The second-order valence-corrected chi connectivity index (χ2v) is 4.70. The number of hydrogen-bond acceptors (Lipinski definition) is 3. The van der Waals surface area contributed by atoms with Gasteiger partial charge in [0.25, 0.3) is 0 Å². The fourth-order valence-electron chi connectivity index (χ4n) is 2.42. The molecule has 4 amide bonds. The minimum absolute atomic E-state index is 0.270. The highest BCUT2D eigenvalue weighted by molar-refractivity contribution is 6.16. The van der Waals surface area contributed by atoms with Crippen LogP contribution in [0, 0.1) is 5.92 Å². The summed E-state index contributed by atoms with van der Waals surface area (Å²) >= 11 is 0. The number of rotatable bonds is 2. The lowest BCUT2D eigenvalue weighted by molar-refractivity contribution is -0.135. The second kappa shape index (κ2) is 4.77. The predicted molar refractivity (Wildman–Crippen MR) is 72.8 cm³/mol. The molecule has 5 nitrogen and oxygen atoms in total. The van der Waals surface area contributed by atoms with Crippen molar-refractivity contribution in [1.29, 1.82) is 0 Å². The van der Waals surface area contributed by atoms with Crippen LogP contribution in [0.4, 0.5) is 4.79 Å². The fraction of sp³-hybridized carbons (Fsp3) is 0.133. The molecule has 0 radical (unpaired) electrons. The number of imide groups is 2. The van der Waals surface area contributed by atoms with Crippen molar-refractivity contribution < 1.29 is 14.4 Å². The molecule has 2 N–H and O–H groups in total. The third-order valence-corrected chi connectivity index (χ3v) is 3.41. The molecule has 1 fully saturated rings. The van der Waals surface area contributed by atoms with Gasteiger partial charge in [0.15, 0.2) is 0 Å². The largest absolute Gasteiger partial charge is 0.328 e. The van der Waals surface area contributed by atoms with Crippen molar-refractivity contribution in [3.8, 4) is 0 Å². The van der Waals surface area contributed by atoms with Gasteiger partial charge in [0, 0.05) is 0 Å². The van der Waals surface area contributed by atoms with Crippen molar-refractivity contribution in [2.24, 2.45) is 5.92 Å². The number of carbonyl (C=O) groups excluding carboxylic acids is 3. The molecule has 1 aliphatic heterocycles. The van der Waals surface area contributed by atoms with Gasteiger partial charge in [-0.3, -0.25) is 20.2 Å². The van der Waals surface area contributed by atoms with E-state index < -0.39 is 23.8 Å². The number of amides is 4. The summed E-state index contributed by atoms with van der Waals surface area (Å²) in [6, 6.07) is 12.8. The standard InChI is InChI=1S/C15H12N2O3/c18-13-12(14(19)17-15(20)16-13)8-10-6-3-5-9-4-1-2-7-11(9)10/h1-7,12H,8H2,(H2,16,17,18,19,20). The molecule has 0 bridgehead atoms. The van der Waals surface area contributed by atoms with E-state index in [1.165, 1.54) is 0 Å². The van der Waals surface area contributed by atoms with Gasteiger partial charge < -0.3 is 0 Å². The summed E-state index contributed by atoms with van der Waals surface area (Å²) in [6.07, 6.45) is 0.270. The molecule has 0 spiro atoms. The summed E-state index contributed by atoms with van der Waals surface area (Å²) in [5, 5.41) is 6.30. The first-order valence-electron chi connectivity index (χ1n) is 6.27. The Bertz CT molecular complexity index is 699. The van der Waals surface area contributed by atoms with Crippen molar-refractivity contribution in [1.82, 2.24) is 10.6 Å². The summed E-state index contributed by atoms with van der Waals surface area (Å²) < 4.78 is 0. The van der Waals surface area contributed by atoms with Gasteiger partial charge in [-0.2, -0.15) is 0 Å². The SMILES string of the molecule is O=C1NC(=O)C(Cc2cccc3ccccc23)C(=O)N1. The van der Waals surface area contributed by atoms with E-state index in [2.05, 4.69) is 10.6 Å². The van der Waals surface area contributed by atoms with Crippen molar-refractivity contribution in [3.63, 3.8) is 0 Å². The van der Waals surface area contributed by atoms with Crippen LogP contribution < -0.4 is 10.6 Å². The molecule has 5 heteroatoms. The van der Waals surface area contributed by atoms with E-state index in [1.54, 1.807) is 0 Å². The Hall–Kier alpha value is -2.69. The average molecular weight is 268 g/mol. The van der Waals surface area contributed by atoms with Gasteiger partial charge in [-0.25, -0.2) is 4.79 Å². The van der Waals surface area contributed by atoms with E-state index in [0.29, 0.717) is 0 Å². The smallest absolute Gasteiger partial charge is 0.277 e. The maximum absolute atomic E-state index is 11.8. The number of barbiturate groups is 1. The summed E-state index contributed by atoms with van der Waals surface area (Å²) in [6.45, 7) is 0. The molecule has 2 aromatic carbocycles. The molecule has 100 valence electrons. The molecule has 1 heterocycles. The first-order chi connectivity index (χ1) is 9.65. The van der Waals surface area contributed by atoms with Gasteiger partial charge in [-0.1, -0.05) is 42.5 Å². The number of benzene rings is 2. The fourth-order valence-corrected chi connectivity index (χ4v) is 2.42. The Balaban J connectivity index is 1.95. The van der Waals surface area contributed by atoms with Crippen LogP contribution in [0.5, 0.6) is 0 Å². The summed E-state index contributed by atoms with van der Waals surface area (Å²) in [5.41, 5.74) is 0.910. The van der Waals surface area contributed by atoms with Gasteiger partial charge in [0.05, 0.1) is 0 Å². The van der Waals surface area contributed by atoms with Crippen LogP contribution in [-0.4, -0.2) is 17.8 Å². The molecule has 0 unspecified atom stereocenters. The van der Waals surface area contributed by atoms with Gasteiger partial charge >= 0.3 is 6.03 Å². The number of nitrogens with one attached hydrogen (secondary N) is 2. The van der Waals surface area contributed by atoms with Crippen LogP contribution in [0.3, 0.4) is 0 Å². The Kier molecular flexibility index (Phi) is 2.95. The van der Waals surface area contributed by atoms with E-state index in [-0.39, 0.29) is 6.42 Å². The van der Waals surface area contributed by atoms with E-state index in [9.17, 15) is 14.4 Å². The molecule has 0 aliphatic carbocycles. The molecule has 1 saturated heterocycles. The molecule has 20 heavy (non-hydrogen) atoms. The number of carbonyl (C=O) groups is 3. The van der Waals surface area contributed by atoms with Gasteiger partial charge in [0.2, 0.25) is 11.8 Å². The van der Waals surface area contributed by atoms with E-state index in [1.807, 2.05) is 42.5 Å². The molecule has 2 aromatic rings. The molecule has 0 atom stereocenters. The maximum Gasteiger partial charge on any atom is 0.328 e. The van der Waals surface area contributed by atoms with Crippen LogP contribution in [0.25, 0.3) is 10.8 Å². The molecule has 3 rings (SSSR count). The van der Waals surface area contributed by atoms with E-state index in [4.69, 9.17) is 0 Å². The average Bonchev–Trinajstić information content (AvgIpc) is 2.43. The van der Waals surface area contributed by atoms with Crippen molar-refractivity contribution in [2.45, 2.75) is 6.42 Å². The van der Waals surface area contributed by atoms with Gasteiger partial charge in [-0.15, -0.1) is 0 Å². The zero-order valence-electron chi connectivity index (χ0n) is 10.6. The van der Waals surface area contributed by atoms with Crippen LogP contribution in [-0.2, 0) is 16.0 Å². The van der Waals surface area contributed by atoms with Gasteiger partial charge in [0.1, 0.15) is 5.92 Å². The minimum atomic E-state index is -0.876. The highest BCUT2D eigenvalue weighted by Gasteiger charge is 2.34. The maximum atomic E-state index is 11.8. The van der Waals surface area contributed by atoms with Crippen molar-refractivity contribution in [3.05, 3.63) is 48.0 Å². The lowest BCUT2D eigenvalue weighted by atomic mass is 9.93. The predicted octanol–water partition coefficient (Wildman–Crippen LogP) is 1.36. The molecule has 0 saturated carbocycles. The molecular weight excluding hydrogens is 256 g/mol. The Morgan fingerprint density at radius 2 is 1.50 bits per heavy atom. The Morgan fingerprint density at radius 1 is 0.850 bits per heavy atom. The first-order valence-corrected chi connectivity index (χ1v) is 6.27. The number of urea groups is 1. The Labute approximate surface area is 115 Å². The minimum Gasteiger partial charge on any atom is -0.277 e. The van der Waals surface area contributed by atoms with E-state index >= 15 is 0 Å². The highest BCUT2D eigenvalue weighted by Crippen LogP contribution is 2.22. The zero-order chi connectivity index (χ0) is 14.1. The second-order valence-electron chi connectivity index (χ2n) is 4.70. The number of hydrogen-bond donors (Lipinski definition) is 2. The van der Waals surface area contributed by atoms with Gasteiger partial charge in [-0.05, 0) is 22.8 Å². The van der Waals surface area contributed by atoms with Crippen LogP contribution >= 0.6 is 0 Å². The monoisotopic (exact) mass is 268 g/mol. The van der Waals surface area contributed by atoms with Crippen LogP contribution in [0.15, 0.2) is 42.5 Å². The third kappa shape index (κ3) is 2.14. The van der Waals surface area contributed by atoms with Crippen LogP contribution in [0.2, 0.25) is 0 Å². The lowest BCUT2D eigenvalue weighted by Crippen LogP contribution is -2.56. The highest BCUT2D eigenvalue weighted by atomic mass is 16.2. The summed E-state index contributed by atoms with van der Waals surface area (Å²) in [5.74, 6) is -1.98. The topological polar surface area (TPSA) is 75.3 Å². The molecule has 1 aliphatic rings. The number of fused-ring (bicyclic) bond motifs is 1. The molecule has 0 aromatic heterocycles. The third-order valence-electron chi connectivity index (χ3n) is 3.41. The first kappa shape index (κ1) is 12.3. The summed E-state index contributed by atoms with van der Waals surface area (Å²) in [7, 11) is 0. The van der Waals surface area contributed by atoms with Crippen LogP contribution in [0.1, 0.15) is 5.56 Å². The molecular formula is C15H12N2O3. The lowest BCUT2D eigenvalue weighted by Gasteiger charge is -2.21.